The molecule has 5 rings (SSSR count). The number of carbonyl (C=O) groups is 3. The maximum atomic E-state index is 15.0. The summed E-state index contributed by atoms with van der Waals surface area (Å²) in [5, 5.41) is 3.34. The standard InChI is InChI=1S/C30H40F2N2O6/c1-29(11-12-29)16-34(32)27(36)24-17-5-6-18(13-17)25(24)33-26(35)20-14-23(21(31)15-22(20)38-3)40-19-7-9-30(2,10-8-19)28(37)39-4/h14-15,17-19,24-25H,5-13,16H2,1-4H3,(H,33,35)/t17-,18+,19?,24+,25-,30?/m1/s1. The fourth-order valence-corrected chi connectivity index (χ4v) is 6.98. The number of halogens is 2. The van der Waals surface area contributed by atoms with Crippen molar-refractivity contribution in [2.45, 2.75) is 83.8 Å². The van der Waals surface area contributed by atoms with Crippen LogP contribution in [0.25, 0.3) is 0 Å². The van der Waals surface area contributed by atoms with E-state index >= 15 is 0 Å². The second-order valence-corrected chi connectivity index (χ2v) is 12.9. The number of esters is 1. The molecule has 4 atom stereocenters. The van der Waals surface area contributed by atoms with E-state index in [1.165, 1.54) is 20.3 Å². The predicted octanol–water partition coefficient (Wildman–Crippen LogP) is 4.99. The lowest BCUT2D eigenvalue weighted by atomic mass is 9.75. The number of hydrogen-bond donors (Lipinski definition) is 1. The summed E-state index contributed by atoms with van der Waals surface area (Å²) in [6.07, 6.45) is 6.10. The minimum absolute atomic E-state index is 0.0315. The largest absolute Gasteiger partial charge is 0.496 e. The van der Waals surface area contributed by atoms with Gasteiger partial charge in [-0.2, -0.15) is 5.12 Å². The van der Waals surface area contributed by atoms with Crippen LogP contribution < -0.4 is 14.8 Å². The molecule has 1 aromatic carbocycles. The van der Waals surface area contributed by atoms with E-state index in [1.807, 2.05) is 13.8 Å². The van der Waals surface area contributed by atoms with Gasteiger partial charge in [0, 0.05) is 12.1 Å². The Morgan fingerprint density at radius 1 is 1.00 bits per heavy atom. The average Bonchev–Trinajstić information content (AvgIpc) is 3.32. The van der Waals surface area contributed by atoms with Crippen molar-refractivity contribution in [3.8, 4) is 11.5 Å². The first kappa shape index (κ1) is 28.6. The number of rotatable bonds is 9. The Balaban J connectivity index is 1.30. The summed E-state index contributed by atoms with van der Waals surface area (Å²) in [6.45, 7) is 3.90. The Bertz CT molecular complexity index is 1160. The molecule has 8 nitrogen and oxygen atoms in total. The van der Waals surface area contributed by atoms with Crippen molar-refractivity contribution in [3.05, 3.63) is 23.5 Å². The molecular formula is C30H40F2N2O6. The van der Waals surface area contributed by atoms with E-state index < -0.39 is 35.0 Å². The first-order valence-corrected chi connectivity index (χ1v) is 14.4. The number of fused-ring (bicyclic) bond motifs is 2. The highest BCUT2D eigenvalue weighted by atomic mass is 19.2. The summed E-state index contributed by atoms with van der Waals surface area (Å²) < 4.78 is 46.2. The van der Waals surface area contributed by atoms with E-state index in [1.54, 1.807) is 0 Å². The normalized spacial score (nSPS) is 31.8. The smallest absolute Gasteiger partial charge is 0.311 e. The summed E-state index contributed by atoms with van der Waals surface area (Å²) in [6, 6.07) is 1.95. The average molecular weight is 563 g/mol. The van der Waals surface area contributed by atoms with Gasteiger partial charge in [0.15, 0.2) is 11.6 Å². The maximum absolute atomic E-state index is 15.0. The van der Waals surface area contributed by atoms with Crippen LogP contribution in [0.4, 0.5) is 8.87 Å². The lowest BCUT2D eigenvalue weighted by Gasteiger charge is -2.35. The lowest BCUT2D eigenvalue weighted by Crippen LogP contribution is -2.50. The molecule has 0 radical (unpaired) electrons. The van der Waals surface area contributed by atoms with Crippen LogP contribution in [0.3, 0.4) is 0 Å². The van der Waals surface area contributed by atoms with Gasteiger partial charge in [-0.15, -0.1) is 0 Å². The number of benzene rings is 1. The molecule has 40 heavy (non-hydrogen) atoms. The molecular weight excluding hydrogens is 522 g/mol. The number of methoxy groups -OCH3 is 2. The Morgan fingerprint density at radius 2 is 1.68 bits per heavy atom. The monoisotopic (exact) mass is 562 g/mol. The van der Waals surface area contributed by atoms with Gasteiger partial charge in [-0.3, -0.25) is 14.4 Å². The van der Waals surface area contributed by atoms with Crippen LogP contribution in [-0.4, -0.2) is 55.8 Å². The van der Waals surface area contributed by atoms with Gasteiger partial charge in [-0.05, 0) is 88.0 Å². The first-order valence-electron chi connectivity index (χ1n) is 14.4. The van der Waals surface area contributed by atoms with E-state index in [0.717, 1.165) is 38.2 Å². The molecule has 4 fully saturated rings. The van der Waals surface area contributed by atoms with Crippen LogP contribution in [0, 0.1) is 34.4 Å². The molecule has 4 aliphatic carbocycles. The number of nitrogens with zero attached hydrogens (tertiary/aromatic N) is 1. The van der Waals surface area contributed by atoms with Gasteiger partial charge in [0.25, 0.3) is 11.8 Å². The van der Waals surface area contributed by atoms with Crippen molar-refractivity contribution in [1.82, 2.24) is 10.4 Å². The van der Waals surface area contributed by atoms with Gasteiger partial charge < -0.3 is 19.5 Å². The number of ether oxygens (including phenoxy) is 3. The second-order valence-electron chi connectivity index (χ2n) is 12.9. The summed E-state index contributed by atoms with van der Waals surface area (Å²) in [5.74, 6) is -2.54. The van der Waals surface area contributed by atoms with Crippen LogP contribution in [0.15, 0.2) is 12.1 Å². The van der Waals surface area contributed by atoms with E-state index in [9.17, 15) is 23.3 Å². The van der Waals surface area contributed by atoms with Crippen molar-refractivity contribution in [2.24, 2.45) is 28.6 Å². The summed E-state index contributed by atoms with van der Waals surface area (Å²) in [4.78, 5) is 38.9. The molecule has 0 aromatic heterocycles. The van der Waals surface area contributed by atoms with Crippen molar-refractivity contribution in [1.29, 1.82) is 0 Å². The molecule has 1 aromatic rings. The molecule has 0 aliphatic heterocycles. The quantitative estimate of drug-likeness (QED) is 0.337. The Labute approximate surface area is 234 Å². The van der Waals surface area contributed by atoms with Crippen LogP contribution >= 0.6 is 0 Å². The molecule has 0 saturated heterocycles. The SMILES string of the molecule is COC(=O)C1(C)CCC(Oc2cc(C(=O)N[C@@H]3[C@H]4CC[C@H](C4)[C@@H]3C(=O)N(F)CC3(C)CC3)c(OC)cc2F)CC1. The van der Waals surface area contributed by atoms with Crippen molar-refractivity contribution >= 4 is 17.8 Å². The topological polar surface area (TPSA) is 94.2 Å². The first-order chi connectivity index (χ1) is 19.0. The van der Waals surface area contributed by atoms with Gasteiger partial charge in [0.05, 0.1) is 43.8 Å². The number of carbonyl (C=O) groups excluding carboxylic acids is 3. The zero-order valence-corrected chi connectivity index (χ0v) is 23.8. The highest BCUT2D eigenvalue weighted by Crippen LogP contribution is 2.51. The molecule has 2 amide bonds. The fourth-order valence-electron chi connectivity index (χ4n) is 6.98. The second kappa shape index (κ2) is 10.8. The lowest BCUT2D eigenvalue weighted by molar-refractivity contribution is -0.156. The predicted molar refractivity (Wildman–Crippen MR) is 142 cm³/mol. The zero-order chi connectivity index (χ0) is 28.8. The minimum atomic E-state index is -0.663. The van der Waals surface area contributed by atoms with Crippen molar-refractivity contribution in [2.75, 3.05) is 20.8 Å². The maximum Gasteiger partial charge on any atom is 0.311 e. The van der Waals surface area contributed by atoms with E-state index in [4.69, 9.17) is 14.2 Å². The van der Waals surface area contributed by atoms with E-state index in [2.05, 4.69) is 5.32 Å². The highest BCUT2D eigenvalue weighted by molar-refractivity contribution is 5.98. The van der Waals surface area contributed by atoms with Crippen LogP contribution in [0.2, 0.25) is 0 Å². The number of amides is 2. The Kier molecular flexibility index (Phi) is 7.74. The van der Waals surface area contributed by atoms with E-state index in [0.29, 0.717) is 30.8 Å². The van der Waals surface area contributed by atoms with Crippen molar-refractivity contribution in [3.63, 3.8) is 0 Å². The van der Waals surface area contributed by atoms with Gasteiger partial charge in [-0.25, -0.2) is 4.39 Å². The van der Waals surface area contributed by atoms with Crippen molar-refractivity contribution < 1.29 is 37.5 Å². The van der Waals surface area contributed by atoms with Gasteiger partial charge in [0.1, 0.15) is 5.75 Å². The molecule has 0 heterocycles. The summed E-state index contributed by atoms with van der Waals surface area (Å²) in [7, 11) is 2.72. The third kappa shape index (κ3) is 5.50. The summed E-state index contributed by atoms with van der Waals surface area (Å²) >= 11 is 0. The van der Waals surface area contributed by atoms with E-state index in [-0.39, 0.29) is 52.9 Å². The minimum Gasteiger partial charge on any atom is -0.496 e. The molecule has 2 bridgehead atoms. The highest BCUT2D eigenvalue weighted by Gasteiger charge is 2.53. The molecule has 0 spiro atoms. The van der Waals surface area contributed by atoms with Crippen LogP contribution in [-0.2, 0) is 14.3 Å². The Morgan fingerprint density at radius 3 is 2.30 bits per heavy atom. The third-order valence-electron chi connectivity index (χ3n) is 9.87. The summed E-state index contributed by atoms with van der Waals surface area (Å²) in [5.41, 5.74) is -0.668. The van der Waals surface area contributed by atoms with Crippen LogP contribution in [0.1, 0.15) is 82.0 Å². The number of nitrogens with one attached hydrogen (secondary N) is 1. The van der Waals surface area contributed by atoms with Gasteiger partial charge in [0.2, 0.25) is 0 Å². The van der Waals surface area contributed by atoms with Crippen LogP contribution in [0.5, 0.6) is 11.5 Å². The van der Waals surface area contributed by atoms with Gasteiger partial charge >= 0.3 is 5.97 Å². The molecule has 4 aliphatic rings. The molecule has 10 heteroatoms. The third-order valence-corrected chi connectivity index (χ3v) is 9.87. The zero-order valence-electron chi connectivity index (χ0n) is 23.8. The molecule has 220 valence electrons. The molecule has 1 N–H and O–H groups in total. The number of hydrogen-bond acceptors (Lipinski definition) is 6. The molecule has 0 unspecified atom stereocenters. The fraction of sp³-hybridized carbons (Fsp3) is 0.700. The Hall–Kier alpha value is -2.91. The molecule has 4 saturated carbocycles. The van der Waals surface area contributed by atoms with Gasteiger partial charge in [-0.1, -0.05) is 11.4 Å².